The Balaban J connectivity index is 2.08. The van der Waals surface area contributed by atoms with Crippen LogP contribution in [0.3, 0.4) is 0 Å². The van der Waals surface area contributed by atoms with E-state index < -0.39 is 11.6 Å². The van der Waals surface area contributed by atoms with E-state index in [0.29, 0.717) is 25.2 Å². The van der Waals surface area contributed by atoms with Crippen molar-refractivity contribution in [2.75, 3.05) is 33.4 Å². The van der Waals surface area contributed by atoms with Crippen LogP contribution < -0.4 is 0 Å². The van der Waals surface area contributed by atoms with Crippen LogP contribution in [0.4, 0.5) is 8.78 Å². The highest BCUT2D eigenvalue weighted by atomic mass is 19.2. The zero-order valence-corrected chi connectivity index (χ0v) is 14.8. The molecule has 0 spiro atoms. The molecule has 2 rings (SSSR count). The minimum Gasteiger partial charge on any atom is -0.383 e. The summed E-state index contributed by atoms with van der Waals surface area (Å²) in [4.78, 5) is 2.38. The Morgan fingerprint density at radius 1 is 1.29 bits per heavy atom. The Morgan fingerprint density at radius 3 is 2.75 bits per heavy atom. The number of methoxy groups -OCH3 is 1. The molecule has 1 aliphatic rings. The first kappa shape index (κ1) is 19.3. The number of halogens is 2. The van der Waals surface area contributed by atoms with E-state index in [1.807, 2.05) is 13.5 Å². The van der Waals surface area contributed by atoms with Crippen LogP contribution in [0.1, 0.15) is 38.2 Å². The van der Waals surface area contributed by atoms with Crippen LogP contribution in [0.5, 0.6) is 0 Å². The van der Waals surface area contributed by atoms with Crippen molar-refractivity contribution in [3.05, 3.63) is 42.0 Å². The number of nitrogens with zero attached hydrogens (tertiary/aromatic N) is 1. The zero-order valence-electron chi connectivity index (χ0n) is 14.8. The van der Waals surface area contributed by atoms with E-state index in [-0.39, 0.29) is 5.92 Å². The van der Waals surface area contributed by atoms with Gasteiger partial charge in [0.2, 0.25) is 0 Å². The molecule has 3 nitrogen and oxygen atoms in total. The molecule has 1 aliphatic heterocycles. The lowest BCUT2D eigenvalue weighted by molar-refractivity contribution is 0.111. The fourth-order valence-electron chi connectivity index (χ4n) is 3.51. The largest absolute Gasteiger partial charge is 0.383 e. The second-order valence-electron chi connectivity index (χ2n) is 6.50. The third kappa shape index (κ3) is 4.98. The van der Waals surface area contributed by atoms with Crippen LogP contribution >= 0.6 is 0 Å². The zero-order chi connectivity index (χ0) is 17.5. The molecule has 0 amide bonds. The fraction of sp³-hybridized carbons (Fsp3) is 0.632. The number of likely N-dealkylation sites (tertiary alicyclic amines) is 1. The van der Waals surface area contributed by atoms with Crippen molar-refractivity contribution in [3.63, 3.8) is 0 Å². The third-order valence-corrected chi connectivity index (χ3v) is 4.81. The SMILES string of the molecule is CCO[CH]CC[C@@H]1CN(C(C)COC)C[C@H]1c1ccc(F)c(F)c1. The van der Waals surface area contributed by atoms with Crippen molar-refractivity contribution in [1.82, 2.24) is 4.90 Å². The average Bonchev–Trinajstić information content (AvgIpc) is 2.99. The molecule has 1 fully saturated rings. The molecular weight excluding hydrogens is 312 g/mol. The third-order valence-electron chi connectivity index (χ3n) is 4.81. The van der Waals surface area contributed by atoms with Crippen LogP contribution in [0.2, 0.25) is 0 Å². The summed E-state index contributed by atoms with van der Waals surface area (Å²) in [6.07, 6.45) is 1.84. The van der Waals surface area contributed by atoms with Gasteiger partial charge in [-0.1, -0.05) is 6.07 Å². The molecule has 0 aromatic heterocycles. The highest BCUT2D eigenvalue weighted by molar-refractivity contribution is 5.24. The van der Waals surface area contributed by atoms with Crippen LogP contribution in [-0.4, -0.2) is 44.4 Å². The molecule has 1 unspecified atom stereocenters. The van der Waals surface area contributed by atoms with Gasteiger partial charge in [0.05, 0.1) is 13.2 Å². The van der Waals surface area contributed by atoms with Crippen LogP contribution in [0.15, 0.2) is 18.2 Å². The molecule has 3 atom stereocenters. The van der Waals surface area contributed by atoms with Gasteiger partial charge in [-0.2, -0.15) is 0 Å². The van der Waals surface area contributed by atoms with Crippen molar-refractivity contribution < 1.29 is 18.3 Å². The van der Waals surface area contributed by atoms with Gasteiger partial charge in [0.15, 0.2) is 11.6 Å². The highest BCUT2D eigenvalue weighted by Gasteiger charge is 2.35. The molecule has 1 aromatic rings. The quantitative estimate of drug-likeness (QED) is 0.635. The molecule has 0 bridgehead atoms. The van der Waals surface area contributed by atoms with Gasteiger partial charge in [0, 0.05) is 38.8 Å². The molecule has 0 N–H and O–H groups in total. The van der Waals surface area contributed by atoms with Gasteiger partial charge >= 0.3 is 0 Å². The number of hydrogen-bond donors (Lipinski definition) is 0. The van der Waals surface area contributed by atoms with Crippen LogP contribution in [0, 0.1) is 24.2 Å². The minimum atomic E-state index is -0.789. The Morgan fingerprint density at radius 2 is 2.08 bits per heavy atom. The normalized spacial score (nSPS) is 22.9. The van der Waals surface area contributed by atoms with Crippen molar-refractivity contribution in [2.24, 2.45) is 5.92 Å². The predicted octanol–water partition coefficient (Wildman–Crippen LogP) is 3.99. The molecule has 24 heavy (non-hydrogen) atoms. The number of rotatable bonds is 9. The van der Waals surface area contributed by atoms with E-state index in [0.717, 1.165) is 31.5 Å². The van der Waals surface area contributed by atoms with Gasteiger partial charge < -0.3 is 9.47 Å². The van der Waals surface area contributed by atoms with Crippen molar-refractivity contribution in [3.8, 4) is 0 Å². The second-order valence-corrected chi connectivity index (χ2v) is 6.50. The molecule has 135 valence electrons. The van der Waals surface area contributed by atoms with Gasteiger partial charge in [0.25, 0.3) is 0 Å². The predicted molar refractivity (Wildman–Crippen MR) is 90.7 cm³/mol. The summed E-state index contributed by atoms with van der Waals surface area (Å²) in [5, 5.41) is 0. The maximum Gasteiger partial charge on any atom is 0.159 e. The summed E-state index contributed by atoms with van der Waals surface area (Å²) >= 11 is 0. The first-order valence-corrected chi connectivity index (χ1v) is 8.68. The highest BCUT2D eigenvalue weighted by Crippen LogP contribution is 2.37. The van der Waals surface area contributed by atoms with E-state index in [4.69, 9.17) is 9.47 Å². The Bertz CT molecular complexity index is 512. The summed E-state index contributed by atoms with van der Waals surface area (Å²) in [6.45, 7) is 9.08. The fourth-order valence-corrected chi connectivity index (χ4v) is 3.51. The van der Waals surface area contributed by atoms with Crippen LogP contribution in [-0.2, 0) is 9.47 Å². The van der Waals surface area contributed by atoms with Gasteiger partial charge in [-0.05, 0) is 50.3 Å². The van der Waals surface area contributed by atoms with Gasteiger partial charge in [-0.25, -0.2) is 8.78 Å². The maximum atomic E-state index is 13.7. The van der Waals surface area contributed by atoms with Crippen molar-refractivity contribution >= 4 is 0 Å². The Hall–Kier alpha value is -1.04. The van der Waals surface area contributed by atoms with E-state index in [2.05, 4.69) is 11.8 Å². The monoisotopic (exact) mass is 340 g/mol. The number of hydrogen-bond acceptors (Lipinski definition) is 3. The van der Waals surface area contributed by atoms with E-state index in [1.165, 1.54) is 12.1 Å². The summed E-state index contributed by atoms with van der Waals surface area (Å²) in [7, 11) is 1.70. The molecular formula is C19H28F2NO2. The maximum absolute atomic E-state index is 13.7. The van der Waals surface area contributed by atoms with E-state index >= 15 is 0 Å². The molecule has 1 saturated heterocycles. The lowest BCUT2D eigenvalue weighted by Crippen LogP contribution is -2.34. The molecule has 1 aromatic carbocycles. The lowest BCUT2D eigenvalue weighted by Gasteiger charge is -2.23. The minimum absolute atomic E-state index is 0.203. The van der Waals surface area contributed by atoms with Gasteiger partial charge in [0.1, 0.15) is 0 Å². The summed E-state index contributed by atoms with van der Waals surface area (Å²) in [6, 6.07) is 4.61. The lowest BCUT2D eigenvalue weighted by atomic mass is 9.86. The molecule has 5 heteroatoms. The standard InChI is InChI=1S/C19H28F2NO2/c1-4-24-9-5-6-16-11-22(14(2)13-23-3)12-17(16)15-7-8-18(20)19(21)10-15/h7-10,14,16-17H,4-6,11-13H2,1-3H3/t14?,16-,17+/m1/s1. The molecule has 1 heterocycles. The van der Waals surface area contributed by atoms with Gasteiger partial charge in [-0.3, -0.25) is 4.90 Å². The Kier molecular flexibility index (Phi) is 7.59. The average molecular weight is 340 g/mol. The molecule has 0 saturated carbocycles. The van der Waals surface area contributed by atoms with E-state index in [9.17, 15) is 8.78 Å². The Labute approximate surface area is 143 Å². The first-order valence-electron chi connectivity index (χ1n) is 8.68. The number of ether oxygens (including phenoxy) is 2. The van der Waals surface area contributed by atoms with Crippen LogP contribution in [0.25, 0.3) is 0 Å². The summed E-state index contributed by atoms with van der Waals surface area (Å²) in [5.74, 6) is -0.960. The molecule has 1 radical (unpaired) electrons. The van der Waals surface area contributed by atoms with Gasteiger partial charge in [-0.15, -0.1) is 0 Å². The summed E-state index contributed by atoms with van der Waals surface area (Å²) < 4.78 is 37.5. The van der Waals surface area contributed by atoms with E-state index in [1.54, 1.807) is 13.2 Å². The summed E-state index contributed by atoms with van der Waals surface area (Å²) in [5.41, 5.74) is 0.877. The first-order chi connectivity index (χ1) is 11.6. The molecule has 0 aliphatic carbocycles. The second kappa shape index (κ2) is 9.44. The van der Waals surface area contributed by atoms with Crippen molar-refractivity contribution in [1.29, 1.82) is 0 Å². The smallest absolute Gasteiger partial charge is 0.159 e. The topological polar surface area (TPSA) is 21.7 Å². The number of benzene rings is 1. The van der Waals surface area contributed by atoms with Crippen molar-refractivity contribution in [2.45, 2.75) is 38.6 Å².